The normalized spacial score (nSPS) is 14.2. The molecule has 2 N–H and O–H groups in total. The maximum Gasteiger partial charge on any atom is 0.270 e. The molecule has 0 spiro atoms. The second-order valence-electron chi connectivity index (χ2n) is 7.36. The van der Waals surface area contributed by atoms with Gasteiger partial charge in [0.25, 0.3) is 5.91 Å². The van der Waals surface area contributed by atoms with E-state index in [2.05, 4.69) is 30.5 Å². The van der Waals surface area contributed by atoms with Gasteiger partial charge >= 0.3 is 0 Å². The Kier molecular flexibility index (Phi) is 5.59. The summed E-state index contributed by atoms with van der Waals surface area (Å²) in [5.41, 5.74) is 2.07. The Morgan fingerprint density at radius 1 is 1.07 bits per heavy atom. The lowest BCUT2D eigenvalue weighted by Gasteiger charge is -2.28. The van der Waals surface area contributed by atoms with Crippen LogP contribution in [0.5, 0.6) is 0 Å². The van der Waals surface area contributed by atoms with Crippen LogP contribution in [-0.4, -0.2) is 51.4 Å². The fraction of sp³-hybridized carbons (Fsp3) is 0.429. The lowest BCUT2D eigenvalue weighted by Crippen LogP contribution is -2.31. The van der Waals surface area contributed by atoms with E-state index in [-0.39, 0.29) is 5.91 Å². The van der Waals surface area contributed by atoms with Crippen molar-refractivity contribution in [3.05, 3.63) is 47.7 Å². The van der Waals surface area contributed by atoms with Crippen molar-refractivity contribution in [1.82, 2.24) is 24.7 Å². The quantitative estimate of drug-likeness (QED) is 0.626. The van der Waals surface area contributed by atoms with Crippen LogP contribution in [0, 0.1) is 13.8 Å². The number of carbonyl (C=O) groups is 1. The Balaban J connectivity index is 1.35. The predicted molar refractivity (Wildman–Crippen MR) is 114 cm³/mol. The minimum absolute atomic E-state index is 0.129. The maximum atomic E-state index is 12.6. The number of anilines is 2. The molecular weight excluding hydrogens is 366 g/mol. The van der Waals surface area contributed by atoms with Crippen molar-refractivity contribution < 1.29 is 4.79 Å². The second kappa shape index (κ2) is 8.46. The SMILES string of the molecule is Cc1nc(NCCNC(=O)c2c(C)nc3ccccn23)cc(N2CCCCC2)n1. The Hall–Kier alpha value is -3.16. The Morgan fingerprint density at radius 3 is 2.72 bits per heavy atom. The standard InChI is InChI=1S/C21H27N7O/c1-15-20(28-13-7-4-8-18(28)24-15)21(29)23-10-9-22-17-14-19(26-16(2)25-17)27-11-5-3-6-12-27/h4,7-8,13-14H,3,5-6,9-12H2,1-2H3,(H,23,29)(H,22,25,26). The maximum absolute atomic E-state index is 12.6. The molecule has 0 aliphatic carbocycles. The number of fused-ring (bicyclic) bond motifs is 1. The molecule has 0 unspecified atom stereocenters. The first-order valence-electron chi connectivity index (χ1n) is 10.2. The van der Waals surface area contributed by atoms with Crippen molar-refractivity contribution in [2.24, 2.45) is 0 Å². The third kappa shape index (κ3) is 4.31. The van der Waals surface area contributed by atoms with Crippen LogP contribution in [0.4, 0.5) is 11.6 Å². The van der Waals surface area contributed by atoms with Gasteiger partial charge in [-0.05, 0) is 45.2 Å². The molecule has 29 heavy (non-hydrogen) atoms. The largest absolute Gasteiger partial charge is 0.368 e. The van der Waals surface area contributed by atoms with Crippen LogP contribution in [-0.2, 0) is 0 Å². The van der Waals surface area contributed by atoms with E-state index < -0.39 is 0 Å². The number of nitrogens with one attached hydrogen (secondary N) is 2. The first-order valence-corrected chi connectivity index (χ1v) is 10.2. The fourth-order valence-electron chi connectivity index (χ4n) is 3.76. The number of nitrogens with zero attached hydrogens (tertiary/aromatic N) is 5. The Labute approximate surface area is 170 Å². The van der Waals surface area contributed by atoms with Crippen molar-refractivity contribution in [3.63, 3.8) is 0 Å². The van der Waals surface area contributed by atoms with Gasteiger partial charge in [-0.25, -0.2) is 15.0 Å². The van der Waals surface area contributed by atoms with Gasteiger partial charge in [0.15, 0.2) is 0 Å². The van der Waals surface area contributed by atoms with Crippen LogP contribution >= 0.6 is 0 Å². The van der Waals surface area contributed by atoms with Crippen molar-refractivity contribution in [2.75, 3.05) is 36.4 Å². The molecule has 1 saturated heterocycles. The summed E-state index contributed by atoms with van der Waals surface area (Å²) >= 11 is 0. The minimum Gasteiger partial charge on any atom is -0.368 e. The lowest BCUT2D eigenvalue weighted by atomic mass is 10.1. The zero-order valence-electron chi connectivity index (χ0n) is 17.0. The average molecular weight is 393 g/mol. The summed E-state index contributed by atoms with van der Waals surface area (Å²) < 4.78 is 1.82. The van der Waals surface area contributed by atoms with Gasteiger partial charge < -0.3 is 15.5 Å². The van der Waals surface area contributed by atoms with Gasteiger partial charge in [0.2, 0.25) is 0 Å². The summed E-state index contributed by atoms with van der Waals surface area (Å²) in [6.07, 6.45) is 5.56. The van der Waals surface area contributed by atoms with Gasteiger partial charge in [-0.3, -0.25) is 9.20 Å². The molecule has 0 aromatic carbocycles. The first-order chi connectivity index (χ1) is 14.1. The number of amides is 1. The van der Waals surface area contributed by atoms with Gasteiger partial charge in [-0.15, -0.1) is 0 Å². The topological polar surface area (TPSA) is 87.4 Å². The summed E-state index contributed by atoms with van der Waals surface area (Å²) in [6, 6.07) is 7.69. The molecule has 1 amide bonds. The molecular formula is C21H27N7O. The number of pyridine rings is 1. The number of hydrogen-bond acceptors (Lipinski definition) is 6. The molecule has 3 aromatic heterocycles. The monoisotopic (exact) mass is 393 g/mol. The number of aromatic nitrogens is 4. The van der Waals surface area contributed by atoms with Crippen LogP contribution in [0.1, 0.15) is 41.3 Å². The number of imidazole rings is 1. The predicted octanol–water partition coefficient (Wildman–Crippen LogP) is 2.57. The van der Waals surface area contributed by atoms with Gasteiger partial charge in [0, 0.05) is 38.4 Å². The lowest BCUT2D eigenvalue weighted by molar-refractivity contribution is 0.0948. The minimum atomic E-state index is -0.129. The molecule has 0 bridgehead atoms. The van der Waals surface area contributed by atoms with Crippen molar-refractivity contribution in [1.29, 1.82) is 0 Å². The average Bonchev–Trinajstić information content (AvgIpc) is 3.07. The van der Waals surface area contributed by atoms with E-state index in [1.54, 1.807) is 0 Å². The summed E-state index contributed by atoms with van der Waals surface area (Å²) in [5.74, 6) is 2.39. The van der Waals surface area contributed by atoms with Gasteiger partial charge in [0.05, 0.1) is 5.69 Å². The molecule has 152 valence electrons. The van der Waals surface area contributed by atoms with Gasteiger partial charge in [0.1, 0.15) is 28.8 Å². The van der Waals surface area contributed by atoms with Crippen molar-refractivity contribution >= 4 is 23.2 Å². The number of aryl methyl sites for hydroxylation is 2. The van der Waals surface area contributed by atoms with Crippen LogP contribution in [0.15, 0.2) is 30.5 Å². The van der Waals surface area contributed by atoms with Crippen LogP contribution in [0.3, 0.4) is 0 Å². The van der Waals surface area contributed by atoms with Gasteiger partial charge in [-0.2, -0.15) is 0 Å². The number of piperidine rings is 1. The Morgan fingerprint density at radius 2 is 1.90 bits per heavy atom. The highest BCUT2D eigenvalue weighted by molar-refractivity contribution is 5.94. The molecule has 1 aliphatic rings. The molecule has 8 nitrogen and oxygen atoms in total. The van der Waals surface area contributed by atoms with Crippen LogP contribution in [0.25, 0.3) is 5.65 Å². The molecule has 3 aromatic rings. The number of rotatable bonds is 6. The second-order valence-corrected chi connectivity index (χ2v) is 7.36. The molecule has 1 fully saturated rings. The third-order valence-electron chi connectivity index (χ3n) is 5.14. The highest BCUT2D eigenvalue weighted by atomic mass is 16.1. The summed E-state index contributed by atoms with van der Waals surface area (Å²) in [5, 5.41) is 6.27. The number of carbonyl (C=O) groups excluding carboxylic acids is 1. The molecule has 0 saturated carbocycles. The van der Waals surface area contributed by atoms with E-state index in [0.29, 0.717) is 18.8 Å². The van der Waals surface area contributed by atoms with E-state index in [1.807, 2.05) is 48.7 Å². The van der Waals surface area contributed by atoms with Gasteiger partial charge in [-0.1, -0.05) is 6.07 Å². The highest BCUT2D eigenvalue weighted by Gasteiger charge is 2.16. The molecule has 4 rings (SSSR count). The summed E-state index contributed by atoms with van der Waals surface area (Å²) in [4.78, 5) is 28.4. The highest BCUT2D eigenvalue weighted by Crippen LogP contribution is 2.20. The van der Waals surface area contributed by atoms with E-state index in [4.69, 9.17) is 0 Å². The molecule has 1 aliphatic heterocycles. The van der Waals surface area contributed by atoms with E-state index in [1.165, 1.54) is 19.3 Å². The van der Waals surface area contributed by atoms with Crippen molar-refractivity contribution in [2.45, 2.75) is 33.1 Å². The fourth-order valence-corrected chi connectivity index (χ4v) is 3.76. The smallest absolute Gasteiger partial charge is 0.270 e. The molecule has 4 heterocycles. The first kappa shape index (κ1) is 19.2. The van der Waals surface area contributed by atoms with Crippen LogP contribution < -0.4 is 15.5 Å². The van der Waals surface area contributed by atoms with E-state index in [0.717, 1.165) is 41.9 Å². The van der Waals surface area contributed by atoms with Crippen LogP contribution in [0.2, 0.25) is 0 Å². The molecule has 8 heteroatoms. The summed E-state index contributed by atoms with van der Waals surface area (Å²) in [7, 11) is 0. The summed E-state index contributed by atoms with van der Waals surface area (Å²) in [6.45, 7) is 6.92. The Bertz CT molecular complexity index is 1010. The van der Waals surface area contributed by atoms with Crippen molar-refractivity contribution in [3.8, 4) is 0 Å². The third-order valence-corrected chi connectivity index (χ3v) is 5.14. The number of hydrogen-bond donors (Lipinski definition) is 2. The zero-order chi connectivity index (χ0) is 20.2. The zero-order valence-corrected chi connectivity index (χ0v) is 17.0. The molecule has 0 atom stereocenters. The van der Waals surface area contributed by atoms with E-state index in [9.17, 15) is 4.79 Å². The molecule has 0 radical (unpaired) electrons. The van der Waals surface area contributed by atoms with E-state index >= 15 is 0 Å².